The summed E-state index contributed by atoms with van der Waals surface area (Å²) in [4.78, 5) is 22.9. The van der Waals surface area contributed by atoms with Crippen LogP contribution in [0.5, 0.6) is 0 Å². The van der Waals surface area contributed by atoms with Crippen molar-refractivity contribution in [3.63, 3.8) is 0 Å². The molecule has 0 spiro atoms. The quantitative estimate of drug-likeness (QED) is 0.696. The van der Waals surface area contributed by atoms with Crippen LogP contribution in [-0.2, 0) is 13.1 Å². The third-order valence-corrected chi connectivity index (χ3v) is 4.19. The van der Waals surface area contributed by atoms with Gasteiger partial charge in [-0.3, -0.25) is 4.79 Å². The third kappa shape index (κ3) is 4.88. The highest BCUT2D eigenvalue weighted by Gasteiger charge is 2.12. The lowest BCUT2D eigenvalue weighted by atomic mass is 10.2. The van der Waals surface area contributed by atoms with Gasteiger partial charge >= 0.3 is 0 Å². The topological polar surface area (TPSA) is 58.1 Å². The summed E-state index contributed by atoms with van der Waals surface area (Å²) in [5.74, 6) is -0.0332. The van der Waals surface area contributed by atoms with E-state index < -0.39 is 0 Å². The van der Waals surface area contributed by atoms with Gasteiger partial charge in [0.25, 0.3) is 5.91 Å². The number of hydrogen-bond acceptors (Lipinski definition) is 4. The van der Waals surface area contributed by atoms with Gasteiger partial charge in [0.1, 0.15) is 17.3 Å². The molecule has 0 bridgehead atoms. The SMILES string of the molecule is CCN(Cc1ccccc1)c1cnc(C(=O)NCc2ccccc2F)cn1. The molecule has 0 fully saturated rings. The number of benzene rings is 2. The van der Waals surface area contributed by atoms with E-state index in [9.17, 15) is 9.18 Å². The number of hydrogen-bond donors (Lipinski definition) is 1. The van der Waals surface area contributed by atoms with Crippen molar-refractivity contribution in [2.24, 2.45) is 0 Å². The first-order chi connectivity index (χ1) is 13.2. The molecule has 0 aliphatic heterocycles. The maximum atomic E-state index is 13.6. The minimum atomic E-state index is -0.386. The van der Waals surface area contributed by atoms with Crippen molar-refractivity contribution in [2.75, 3.05) is 11.4 Å². The average Bonchev–Trinajstić information content (AvgIpc) is 2.72. The van der Waals surface area contributed by atoms with Gasteiger partial charge in [-0.05, 0) is 18.6 Å². The molecule has 0 unspecified atom stereocenters. The summed E-state index contributed by atoms with van der Waals surface area (Å²) in [5.41, 5.74) is 1.80. The summed E-state index contributed by atoms with van der Waals surface area (Å²) in [7, 11) is 0. The lowest BCUT2D eigenvalue weighted by Gasteiger charge is -2.21. The summed E-state index contributed by atoms with van der Waals surface area (Å²) < 4.78 is 13.6. The lowest BCUT2D eigenvalue weighted by Crippen LogP contribution is -2.26. The molecule has 5 nitrogen and oxygen atoms in total. The van der Waals surface area contributed by atoms with E-state index in [0.717, 1.165) is 6.54 Å². The average molecular weight is 364 g/mol. The number of carbonyl (C=O) groups is 1. The maximum Gasteiger partial charge on any atom is 0.271 e. The third-order valence-electron chi connectivity index (χ3n) is 4.19. The van der Waals surface area contributed by atoms with Gasteiger partial charge < -0.3 is 10.2 Å². The van der Waals surface area contributed by atoms with Crippen LogP contribution in [0.3, 0.4) is 0 Å². The van der Waals surface area contributed by atoms with Crippen LogP contribution in [0.25, 0.3) is 0 Å². The molecule has 1 aromatic heterocycles. The van der Waals surface area contributed by atoms with Crippen LogP contribution in [0.15, 0.2) is 67.0 Å². The van der Waals surface area contributed by atoms with Crippen LogP contribution in [0.2, 0.25) is 0 Å². The largest absolute Gasteiger partial charge is 0.351 e. The molecule has 1 heterocycles. The predicted molar refractivity (Wildman–Crippen MR) is 103 cm³/mol. The van der Waals surface area contributed by atoms with Crippen molar-refractivity contribution in [3.8, 4) is 0 Å². The normalized spacial score (nSPS) is 10.4. The molecule has 1 N–H and O–H groups in total. The highest BCUT2D eigenvalue weighted by Crippen LogP contribution is 2.13. The van der Waals surface area contributed by atoms with Gasteiger partial charge in [0.05, 0.1) is 12.4 Å². The summed E-state index contributed by atoms with van der Waals surface area (Å²) in [5, 5.41) is 2.66. The number of amides is 1. The van der Waals surface area contributed by atoms with Crippen molar-refractivity contribution in [3.05, 3.63) is 89.6 Å². The minimum absolute atomic E-state index is 0.101. The Kier molecular flexibility index (Phi) is 6.10. The van der Waals surface area contributed by atoms with E-state index in [-0.39, 0.29) is 24.0 Å². The standard InChI is InChI=1S/C21H21FN4O/c1-2-26(15-16-8-4-3-5-9-16)20-14-23-19(13-24-20)21(27)25-12-17-10-6-7-11-18(17)22/h3-11,13-14H,2,12,15H2,1H3,(H,25,27). The Hall–Kier alpha value is -3.28. The molecule has 0 aliphatic rings. The van der Waals surface area contributed by atoms with Gasteiger partial charge in [-0.15, -0.1) is 0 Å². The number of nitrogens with one attached hydrogen (secondary N) is 1. The number of halogens is 1. The summed E-state index contributed by atoms with van der Waals surface area (Å²) >= 11 is 0. The second kappa shape index (κ2) is 8.89. The Morgan fingerprint density at radius 2 is 1.78 bits per heavy atom. The Morgan fingerprint density at radius 3 is 2.44 bits per heavy atom. The van der Waals surface area contributed by atoms with E-state index in [1.54, 1.807) is 24.4 Å². The molecule has 3 aromatic rings. The van der Waals surface area contributed by atoms with Gasteiger partial charge in [0, 0.05) is 25.2 Å². The Morgan fingerprint density at radius 1 is 1.04 bits per heavy atom. The van der Waals surface area contributed by atoms with Crippen LogP contribution in [0.4, 0.5) is 10.2 Å². The number of anilines is 1. The molecule has 0 atom stereocenters. The van der Waals surface area contributed by atoms with E-state index >= 15 is 0 Å². The van der Waals surface area contributed by atoms with E-state index in [1.165, 1.54) is 17.8 Å². The molecule has 0 radical (unpaired) electrons. The summed E-state index contributed by atoms with van der Waals surface area (Å²) in [6.45, 7) is 3.62. The van der Waals surface area contributed by atoms with Crippen LogP contribution in [-0.4, -0.2) is 22.4 Å². The predicted octanol–water partition coefficient (Wildman–Crippen LogP) is 3.57. The molecule has 0 aliphatic carbocycles. The molecule has 27 heavy (non-hydrogen) atoms. The van der Waals surface area contributed by atoms with Crippen LogP contribution in [0.1, 0.15) is 28.5 Å². The first-order valence-electron chi connectivity index (χ1n) is 8.80. The van der Waals surface area contributed by atoms with Gasteiger partial charge in [-0.25, -0.2) is 14.4 Å². The molecule has 2 aromatic carbocycles. The fraction of sp³-hybridized carbons (Fsp3) is 0.190. The van der Waals surface area contributed by atoms with Crippen LogP contribution >= 0.6 is 0 Å². The Balaban J connectivity index is 1.63. The molecule has 6 heteroatoms. The summed E-state index contributed by atoms with van der Waals surface area (Å²) in [6, 6.07) is 16.4. The molecule has 3 rings (SSSR count). The zero-order valence-corrected chi connectivity index (χ0v) is 15.1. The van der Waals surface area contributed by atoms with E-state index in [0.29, 0.717) is 17.9 Å². The summed E-state index contributed by atoms with van der Waals surface area (Å²) in [6.07, 6.45) is 3.03. The van der Waals surface area contributed by atoms with Crippen molar-refractivity contribution < 1.29 is 9.18 Å². The monoisotopic (exact) mass is 364 g/mol. The van der Waals surface area contributed by atoms with E-state index in [4.69, 9.17) is 0 Å². The molecule has 0 saturated heterocycles. The Bertz CT molecular complexity index is 884. The van der Waals surface area contributed by atoms with Crippen molar-refractivity contribution in [2.45, 2.75) is 20.0 Å². The highest BCUT2D eigenvalue weighted by molar-refractivity contribution is 5.91. The number of rotatable bonds is 7. The van der Waals surface area contributed by atoms with Gasteiger partial charge in [-0.2, -0.15) is 0 Å². The van der Waals surface area contributed by atoms with Gasteiger partial charge in [0.2, 0.25) is 0 Å². The van der Waals surface area contributed by atoms with Crippen LogP contribution < -0.4 is 10.2 Å². The van der Waals surface area contributed by atoms with Gasteiger partial charge in [0.15, 0.2) is 0 Å². The zero-order chi connectivity index (χ0) is 19.1. The minimum Gasteiger partial charge on any atom is -0.351 e. The fourth-order valence-electron chi connectivity index (χ4n) is 2.67. The van der Waals surface area contributed by atoms with Crippen molar-refractivity contribution in [1.29, 1.82) is 0 Å². The Labute approximate surface area is 157 Å². The number of aromatic nitrogens is 2. The number of carbonyl (C=O) groups excluding carboxylic acids is 1. The van der Waals surface area contributed by atoms with Gasteiger partial charge in [-0.1, -0.05) is 48.5 Å². The molecular weight excluding hydrogens is 343 g/mol. The van der Waals surface area contributed by atoms with E-state index in [1.807, 2.05) is 25.1 Å². The second-order valence-corrected chi connectivity index (χ2v) is 6.03. The van der Waals surface area contributed by atoms with E-state index in [2.05, 4.69) is 32.3 Å². The zero-order valence-electron chi connectivity index (χ0n) is 15.1. The fourth-order valence-corrected chi connectivity index (χ4v) is 2.67. The smallest absolute Gasteiger partial charge is 0.271 e. The molecule has 1 amide bonds. The lowest BCUT2D eigenvalue weighted by molar-refractivity contribution is 0.0945. The van der Waals surface area contributed by atoms with Crippen molar-refractivity contribution >= 4 is 11.7 Å². The maximum absolute atomic E-state index is 13.6. The first kappa shape index (κ1) is 18.5. The number of nitrogens with zero attached hydrogens (tertiary/aromatic N) is 3. The highest BCUT2D eigenvalue weighted by atomic mass is 19.1. The van der Waals surface area contributed by atoms with Crippen LogP contribution in [0, 0.1) is 5.82 Å². The second-order valence-electron chi connectivity index (χ2n) is 6.03. The van der Waals surface area contributed by atoms with Crippen molar-refractivity contribution in [1.82, 2.24) is 15.3 Å². The first-order valence-corrected chi connectivity index (χ1v) is 8.80. The molecular formula is C21H21FN4O. The molecule has 0 saturated carbocycles. The molecule has 138 valence electrons.